The van der Waals surface area contributed by atoms with Crippen LogP contribution in [-0.2, 0) is 17.6 Å². The van der Waals surface area contributed by atoms with E-state index in [0.717, 1.165) is 93.4 Å². The molecule has 180 valence electrons. The van der Waals surface area contributed by atoms with Crippen LogP contribution in [-0.4, -0.2) is 47.0 Å². The van der Waals surface area contributed by atoms with Gasteiger partial charge in [0, 0.05) is 43.9 Å². The second kappa shape index (κ2) is 8.66. The van der Waals surface area contributed by atoms with Crippen LogP contribution in [0.2, 0.25) is 0 Å². The van der Waals surface area contributed by atoms with Gasteiger partial charge in [-0.2, -0.15) is 0 Å². The molecule has 5 heteroatoms. The van der Waals surface area contributed by atoms with Crippen LogP contribution in [0.5, 0.6) is 0 Å². The van der Waals surface area contributed by atoms with Gasteiger partial charge in [0.05, 0.1) is 5.41 Å². The summed E-state index contributed by atoms with van der Waals surface area (Å²) < 4.78 is 0. The SMILES string of the molecule is CCc1nc(C)nc(N2CCN(C(=O)C34CC5CC(CC(C5)C3)C4)CC2)c1Cc1ccccc1. The van der Waals surface area contributed by atoms with E-state index in [-0.39, 0.29) is 5.41 Å². The molecule has 2 heterocycles. The molecule has 5 nitrogen and oxygen atoms in total. The lowest BCUT2D eigenvalue weighted by Crippen LogP contribution is -2.58. The number of carbonyl (C=O) groups excluding carboxylic acids is 1. The Morgan fingerprint density at radius 1 is 0.941 bits per heavy atom. The topological polar surface area (TPSA) is 49.3 Å². The Labute approximate surface area is 204 Å². The highest BCUT2D eigenvalue weighted by molar-refractivity contribution is 5.83. The maximum atomic E-state index is 13.8. The molecule has 2 aromatic rings. The molecule has 5 fully saturated rings. The molecule has 1 aromatic heterocycles. The number of hydrogen-bond acceptors (Lipinski definition) is 4. The predicted octanol–water partition coefficient (Wildman–Crippen LogP) is 4.80. The molecule has 4 bridgehead atoms. The first-order chi connectivity index (χ1) is 16.5. The first kappa shape index (κ1) is 22.1. The minimum Gasteiger partial charge on any atom is -0.353 e. The van der Waals surface area contributed by atoms with Gasteiger partial charge in [-0.25, -0.2) is 9.97 Å². The molecule has 0 spiro atoms. The molecule has 0 N–H and O–H groups in total. The molecule has 1 aliphatic heterocycles. The molecular formula is C29H38N4O. The molecule has 4 aliphatic carbocycles. The first-order valence-corrected chi connectivity index (χ1v) is 13.5. The van der Waals surface area contributed by atoms with Crippen molar-refractivity contribution >= 4 is 11.7 Å². The number of aromatic nitrogens is 2. The van der Waals surface area contributed by atoms with E-state index in [2.05, 4.69) is 47.1 Å². The lowest BCUT2D eigenvalue weighted by Gasteiger charge is -2.57. The minimum atomic E-state index is -0.0315. The normalized spacial score (nSPS) is 30.1. The van der Waals surface area contributed by atoms with E-state index in [4.69, 9.17) is 9.97 Å². The highest BCUT2D eigenvalue weighted by atomic mass is 16.2. The standard InChI is InChI=1S/C29H38N4O/c1-3-26-25(16-21-7-5-4-6-8-21)27(31-20(2)30-26)32-9-11-33(12-10-32)28(34)29-17-22-13-23(18-29)15-24(14-22)19-29/h4-8,22-24H,3,9-19H2,1-2H3. The van der Waals surface area contributed by atoms with E-state index >= 15 is 0 Å². The summed E-state index contributed by atoms with van der Waals surface area (Å²) in [5, 5.41) is 0. The zero-order chi connectivity index (χ0) is 23.3. The number of hydrogen-bond donors (Lipinski definition) is 0. The fraction of sp³-hybridized carbons (Fsp3) is 0.621. The number of piperazine rings is 1. The van der Waals surface area contributed by atoms with E-state index < -0.39 is 0 Å². The van der Waals surface area contributed by atoms with Crippen molar-refractivity contribution in [1.82, 2.24) is 14.9 Å². The maximum absolute atomic E-state index is 13.8. The zero-order valence-corrected chi connectivity index (χ0v) is 20.8. The second-order valence-electron chi connectivity index (χ2n) is 11.5. The average Bonchev–Trinajstić information content (AvgIpc) is 2.84. The molecule has 1 aromatic carbocycles. The molecule has 7 rings (SSSR count). The van der Waals surface area contributed by atoms with Gasteiger partial charge in [-0.05, 0) is 75.2 Å². The Kier molecular flexibility index (Phi) is 5.62. The van der Waals surface area contributed by atoms with Gasteiger partial charge in [-0.15, -0.1) is 0 Å². The van der Waals surface area contributed by atoms with Crippen LogP contribution in [0.25, 0.3) is 0 Å². The fourth-order valence-corrected chi connectivity index (χ4v) is 8.00. The van der Waals surface area contributed by atoms with E-state index in [1.165, 1.54) is 30.4 Å². The van der Waals surface area contributed by atoms with Crippen molar-refractivity contribution in [3.8, 4) is 0 Å². The Balaban J connectivity index is 1.20. The molecule has 5 aliphatic rings. The fourth-order valence-electron chi connectivity index (χ4n) is 8.00. The van der Waals surface area contributed by atoms with E-state index in [9.17, 15) is 4.79 Å². The average molecular weight is 459 g/mol. The van der Waals surface area contributed by atoms with Crippen LogP contribution < -0.4 is 4.90 Å². The molecule has 1 saturated heterocycles. The maximum Gasteiger partial charge on any atom is 0.228 e. The number of anilines is 1. The lowest BCUT2D eigenvalue weighted by molar-refractivity contribution is -0.158. The quantitative estimate of drug-likeness (QED) is 0.646. The van der Waals surface area contributed by atoms with Gasteiger partial charge in [0.15, 0.2) is 0 Å². The summed E-state index contributed by atoms with van der Waals surface area (Å²) in [6, 6.07) is 10.6. The van der Waals surface area contributed by atoms with Crippen molar-refractivity contribution in [1.29, 1.82) is 0 Å². The zero-order valence-electron chi connectivity index (χ0n) is 20.8. The van der Waals surface area contributed by atoms with Gasteiger partial charge in [-0.3, -0.25) is 4.79 Å². The number of rotatable bonds is 5. The van der Waals surface area contributed by atoms with Gasteiger partial charge in [0.2, 0.25) is 5.91 Å². The van der Waals surface area contributed by atoms with E-state index in [1.54, 1.807) is 0 Å². The summed E-state index contributed by atoms with van der Waals surface area (Å²) in [5.41, 5.74) is 3.66. The Bertz CT molecular complexity index is 1020. The third-order valence-electron chi connectivity index (χ3n) is 9.10. The van der Waals surface area contributed by atoms with Crippen LogP contribution >= 0.6 is 0 Å². The van der Waals surface area contributed by atoms with Crippen molar-refractivity contribution < 1.29 is 4.79 Å². The largest absolute Gasteiger partial charge is 0.353 e. The summed E-state index contributed by atoms with van der Waals surface area (Å²) in [5.74, 6) is 4.84. The van der Waals surface area contributed by atoms with Crippen LogP contribution in [0.1, 0.15) is 68.1 Å². The van der Waals surface area contributed by atoms with E-state index in [1.807, 2.05) is 6.92 Å². The summed E-state index contributed by atoms with van der Waals surface area (Å²) in [7, 11) is 0. The van der Waals surface area contributed by atoms with Gasteiger partial charge in [-0.1, -0.05) is 37.3 Å². The van der Waals surface area contributed by atoms with Crippen LogP contribution in [0.3, 0.4) is 0 Å². The summed E-state index contributed by atoms with van der Waals surface area (Å²) in [4.78, 5) is 28.2. The van der Waals surface area contributed by atoms with Gasteiger partial charge in [0.1, 0.15) is 11.6 Å². The van der Waals surface area contributed by atoms with Crippen molar-refractivity contribution in [3.05, 3.63) is 53.0 Å². The third kappa shape index (κ3) is 3.91. The lowest BCUT2D eigenvalue weighted by atomic mass is 9.49. The van der Waals surface area contributed by atoms with Crippen molar-refractivity contribution in [3.63, 3.8) is 0 Å². The molecule has 4 saturated carbocycles. The number of nitrogens with zero attached hydrogens (tertiary/aromatic N) is 4. The smallest absolute Gasteiger partial charge is 0.228 e. The number of amides is 1. The Hall–Kier alpha value is -2.43. The van der Waals surface area contributed by atoms with Crippen molar-refractivity contribution in [2.24, 2.45) is 23.2 Å². The monoisotopic (exact) mass is 458 g/mol. The number of aryl methyl sites for hydroxylation is 2. The molecule has 0 atom stereocenters. The van der Waals surface area contributed by atoms with Crippen molar-refractivity contribution in [2.75, 3.05) is 31.1 Å². The van der Waals surface area contributed by atoms with Crippen LogP contribution in [0, 0.1) is 30.1 Å². The van der Waals surface area contributed by atoms with E-state index in [0.29, 0.717) is 5.91 Å². The number of benzene rings is 1. The highest BCUT2D eigenvalue weighted by Gasteiger charge is 2.55. The van der Waals surface area contributed by atoms with Gasteiger partial charge < -0.3 is 9.80 Å². The van der Waals surface area contributed by atoms with Crippen LogP contribution in [0.4, 0.5) is 5.82 Å². The van der Waals surface area contributed by atoms with Crippen molar-refractivity contribution in [2.45, 2.75) is 65.2 Å². The summed E-state index contributed by atoms with van der Waals surface area (Å²) >= 11 is 0. The summed E-state index contributed by atoms with van der Waals surface area (Å²) in [6.07, 6.45) is 9.39. The minimum absolute atomic E-state index is 0.0315. The molecule has 0 unspecified atom stereocenters. The van der Waals surface area contributed by atoms with Gasteiger partial charge in [0.25, 0.3) is 0 Å². The Morgan fingerprint density at radius 2 is 1.56 bits per heavy atom. The second-order valence-corrected chi connectivity index (χ2v) is 11.5. The molecular weight excluding hydrogens is 420 g/mol. The third-order valence-corrected chi connectivity index (χ3v) is 9.10. The molecule has 0 radical (unpaired) electrons. The Morgan fingerprint density at radius 3 is 2.15 bits per heavy atom. The predicted molar refractivity (Wildman–Crippen MR) is 135 cm³/mol. The highest BCUT2D eigenvalue weighted by Crippen LogP contribution is 2.60. The summed E-state index contributed by atoms with van der Waals surface area (Å²) in [6.45, 7) is 7.54. The van der Waals surface area contributed by atoms with Crippen LogP contribution in [0.15, 0.2) is 30.3 Å². The molecule has 34 heavy (non-hydrogen) atoms. The van der Waals surface area contributed by atoms with Gasteiger partial charge >= 0.3 is 0 Å². The molecule has 1 amide bonds. The first-order valence-electron chi connectivity index (χ1n) is 13.5. The number of carbonyl (C=O) groups is 1.